The minimum atomic E-state index is -4.60. The molecule has 6 nitrogen and oxygen atoms in total. The molecule has 0 aliphatic heterocycles. The largest absolute Gasteiger partial charge is 0.457 e. The SMILES string of the molecule is Cc1cnc(-c2cc(Oc3ccc(CCC(=O)Nc4ccc(Cl)c(C(F)(F)F)c4)cc3)ccn2)[nH]1. The first kappa shape index (κ1) is 24.3. The standard InChI is InChI=1S/C25H20ClF3N4O2/c1-15-14-31-24(32-15)22-13-19(10-11-30-22)35-18-6-2-16(3-7-18)4-9-23(34)33-17-5-8-21(26)20(12-17)25(27,28)29/h2-3,5-8,10-14H,4,9H2,1H3,(H,31,32)(H,33,34). The van der Waals surface area contributed by atoms with Crippen molar-refractivity contribution in [2.75, 3.05) is 5.32 Å². The van der Waals surface area contributed by atoms with E-state index in [0.29, 0.717) is 29.4 Å². The summed E-state index contributed by atoms with van der Waals surface area (Å²) >= 11 is 5.61. The van der Waals surface area contributed by atoms with Crippen LogP contribution in [0, 0.1) is 6.92 Å². The highest BCUT2D eigenvalue weighted by atomic mass is 35.5. The number of anilines is 1. The lowest BCUT2D eigenvalue weighted by molar-refractivity contribution is -0.137. The molecule has 0 aliphatic rings. The average molecular weight is 501 g/mol. The van der Waals surface area contributed by atoms with Crippen LogP contribution in [0.25, 0.3) is 11.5 Å². The maximum absolute atomic E-state index is 13.0. The van der Waals surface area contributed by atoms with E-state index in [1.165, 1.54) is 6.07 Å². The molecule has 180 valence electrons. The van der Waals surface area contributed by atoms with E-state index in [1.54, 1.807) is 36.7 Å². The number of aromatic nitrogens is 3. The fourth-order valence-electron chi connectivity index (χ4n) is 3.31. The van der Waals surface area contributed by atoms with Crippen LogP contribution in [0.15, 0.2) is 67.0 Å². The van der Waals surface area contributed by atoms with Crippen molar-refractivity contribution in [1.29, 1.82) is 0 Å². The molecule has 0 saturated carbocycles. The van der Waals surface area contributed by atoms with Crippen molar-refractivity contribution >= 4 is 23.2 Å². The van der Waals surface area contributed by atoms with E-state index in [-0.39, 0.29) is 12.1 Å². The molecule has 0 radical (unpaired) electrons. The van der Waals surface area contributed by atoms with Gasteiger partial charge in [0.2, 0.25) is 5.91 Å². The molecule has 2 aromatic carbocycles. The number of hydrogen-bond donors (Lipinski definition) is 2. The highest BCUT2D eigenvalue weighted by Gasteiger charge is 2.33. The smallest absolute Gasteiger partial charge is 0.417 e. The molecule has 0 unspecified atom stereocenters. The number of carbonyl (C=O) groups is 1. The van der Waals surface area contributed by atoms with Crippen LogP contribution in [-0.4, -0.2) is 20.9 Å². The molecule has 0 spiro atoms. The Morgan fingerprint density at radius 1 is 1.06 bits per heavy atom. The number of alkyl halides is 3. The Morgan fingerprint density at radius 2 is 1.83 bits per heavy atom. The molecule has 4 rings (SSSR count). The molecule has 2 heterocycles. The number of hydrogen-bond acceptors (Lipinski definition) is 4. The Bertz CT molecular complexity index is 1340. The van der Waals surface area contributed by atoms with Crippen LogP contribution >= 0.6 is 11.6 Å². The molecule has 0 bridgehead atoms. The molecular weight excluding hydrogens is 481 g/mol. The number of ether oxygens (including phenoxy) is 1. The lowest BCUT2D eigenvalue weighted by Crippen LogP contribution is -2.13. The number of aryl methyl sites for hydroxylation is 2. The summed E-state index contributed by atoms with van der Waals surface area (Å²) in [5.74, 6) is 1.44. The van der Waals surface area contributed by atoms with Gasteiger partial charge < -0.3 is 15.0 Å². The lowest BCUT2D eigenvalue weighted by Gasteiger charge is -2.12. The maximum Gasteiger partial charge on any atom is 0.417 e. The van der Waals surface area contributed by atoms with Crippen LogP contribution in [0.5, 0.6) is 11.5 Å². The molecule has 0 fully saturated rings. The third-order valence-electron chi connectivity index (χ3n) is 5.03. The summed E-state index contributed by atoms with van der Waals surface area (Å²) in [6.45, 7) is 1.91. The van der Waals surface area contributed by atoms with Gasteiger partial charge in [0.1, 0.15) is 17.2 Å². The highest BCUT2D eigenvalue weighted by Crippen LogP contribution is 2.36. The van der Waals surface area contributed by atoms with E-state index in [4.69, 9.17) is 16.3 Å². The number of halogens is 4. The van der Waals surface area contributed by atoms with Gasteiger partial charge in [0.05, 0.1) is 10.6 Å². The van der Waals surface area contributed by atoms with Crippen molar-refractivity contribution in [3.63, 3.8) is 0 Å². The van der Waals surface area contributed by atoms with Crippen molar-refractivity contribution in [1.82, 2.24) is 15.0 Å². The Labute approximate surface area is 204 Å². The van der Waals surface area contributed by atoms with Gasteiger partial charge in [-0.2, -0.15) is 13.2 Å². The average Bonchev–Trinajstić information content (AvgIpc) is 3.26. The van der Waals surface area contributed by atoms with Gasteiger partial charge >= 0.3 is 6.18 Å². The number of amides is 1. The highest BCUT2D eigenvalue weighted by molar-refractivity contribution is 6.31. The molecule has 35 heavy (non-hydrogen) atoms. The minimum absolute atomic E-state index is 0.0388. The number of nitrogens with one attached hydrogen (secondary N) is 2. The van der Waals surface area contributed by atoms with Crippen LogP contribution in [0.4, 0.5) is 18.9 Å². The second-order valence-corrected chi connectivity index (χ2v) is 8.19. The third kappa shape index (κ3) is 6.39. The zero-order valence-corrected chi connectivity index (χ0v) is 19.2. The summed E-state index contributed by atoms with van der Waals surface area (Å²) in [5, 5.41) is 2.06. The van der Waals surface area contributed by atoms with Gasteiger partial charge in [-0.15, -0.1) is 0 Å². The first-order valence-electron chi connectivity index (χ1n) is 10.6. The fourth-order valence-corrected chi connectivity index (χ4v) is 3.53. The van der Waals surface area contributed by atoms with Crippen LogP contribution in [0.2, 0.25) is 5.02 Å². The van der Waals surface area contributed by atoms with Crippen LogP contribution in [-0.2, 0) is 17.4 Å². The lowest BCUT2D eigenvalue weighted by atomic mass is 10.1. The summed E-state index contributed by atoms with van der Waals surface area (Å²) in [6, 6.07) is 14.0. The van der Waals surface area contributed by atoms with E-state index in [2.05, 4.69) is 20.3 Å². The summed E-state index contributed by atoms with van der Waals surface area (Å²) in [6.07, 6.45) is -0.743. The van der Waals surface area contributed by atoms with E-state index in [1.807, 2.05) is 19.1 Å². The second kappa shape index (κ2) is 10.2. The number of H-pyrrole nitrogens is 1. The van der Waals surface area contributed by atoms with E-state index < -0.39 is 22.7 Å². The number of benzene rings is 2. The van der Waals surface area contributed by atoms with Gasteiger partial charge in [0.15, 0.2) is 5.82 Å². The van der Waals surface area contributed by atoms with Gasteiger partial charge in [-0.1, -0.05) is 23.7 Å². The number of rotatable bonds is 7. The Morgan fingerprint density at radius 3 is 2.51 bits per heavy atom. The van der Waals surface area contributed by atoms with Gasteiger partial charge in [0, 0.05) is 36.3 Å². The van der Waals surface area contributed by atoms with Crippen molar-refractivity contribution in [2.45, 2.75) is 25.9 Å². The Kier molecular flexibility index (Phi) is 7.07. The molecule has 1 amide bonds. The third-order valence-corrected chi connectivity index (χ3v) is 5.36. The number of nitrogens with zero attached hydrogens (tertiary/aromatic N) is 2. The zero-order valence-electron chi connectivity index (χ0n) is 18.5. The van der Waals surface area contributed by atoms with Crippen molar-refractivity contribution in [2.24, 2.45) is 0 Å². The zero-order chi connectivity index (χ0) is 25.0. The first-order valence-corrected chi connectivity index (χ1v) is 11.0. The van der Waals surface area contributed by atoms with Crippen LogP contribution in [0.3, 0.4) is 0 Å². The number of imidazole rings is 1. The number of pyridine rings is 1. The molecule has 4 aromatic rings. The topological polar surface area (TPSA) is 79.9 Å². The summed E-state index contributed by atoms with van der Waals surface area (Å²) in [5.41, 5.74) is 1.50. The van der Waals surface area contributed by atoms with E-state index in [0.717, 1.165) is 23.4 Å². The maximum atomic E-state index is 13.0. The summed E-state index contributed by atoms with van der Waals surface area (Å²) < 4.78 is 44.9. The van der Waals surface area contributed by atoms with Crippen molar-refractivity contribution in [3.8, 4) is 23.0 Å². The Hall–Kier alpha value is -3.85. The number of carbonyl (C=O) groups excluding carboxylic acids is 1. The van der Waals surface area contributed by atoms with Gasteiger partial charge in [-0.3, -0.25) is 9.78 Å². The summed E-state index contributed by atoms with van der Waals surface area (Å²) in [4.78, 5) is 23.9. The van der Waals surface area contributed by atoms with Gasteiger partial charge in [0.25, 0.3) is 0 Å². The second-order valence-electron chi connectivity index (χ2n) is 7.78. The quantitative estimate of drug-likeness (QED) is 0.292. The van der Waals surface area contributed by atoms with Crippen LogP contribution < -0.4 is 10.1 Å². The molecule has 0 saturated heterocycles. The van der Waals surface area contributed by atoms with Gasteiger partial charge in [-0.05, 0) is 55.3 Å². The fraction of sp³-hybridized carbons (Fsp3) is 0.160. The van der Waals surface area contributed by atoms with Crippen LogP contribution in [0.1, 0.15) is 23.2 Å². The summed E-state index contributed by atoms with van der Waals surface area (Å²) in [7, 11) is 0. The molecular formula is C25H20ClF3N4O2. The first-order chi connectivity index (χ1) is 16.7. The predicted octanol–water partition coefficient (Wildman–Crippen LogP) is 6.82. The molecule has 0 aliphatic carbocycles. The molecule has 2 N–H and O–H groups in total. The normalized spacial score (nSPS) is 11.3. The Balaban J connectivity index is 1.33. The predicted molar refractivity (Wildman–Crippen MR) is 126 cm³/mol. The minimum Gasteiger partial charge on any atom is -0.457 e. The number of aromatic amines is 1. The van der Waals surface area contributed by atoms with E-state index in [9.17, 15) is 18.0 Å². The molecule has 0 atom stereocenters. The van der Waals surface area contributed by atoms with Crippen molar-refractivity contribution < 1.29 is 22.7 Å². The van der Waals surface area contributed by atoms with E-state index >= 15 is 0 Å². The van der Waals surface area contributed by atoms with Gasteiger partial charge in [-0.25, -0.2) is 4.98 Å². The molecule has 2 aromatic heterocycles. The van der Waals surface area contributed by atoms with Crippen molar-refractivity contribution in [3.05, 3.63) is 88.8 Å². The molecule has 10 heteroatoms. The monoisotopic (exact) mass is 500 g/mol.